The Morgan fingerprint density at radius 2 is 2.23 bits per heavy atom. The van der Waals surface area contributed by atoms with E-state index < -0.39 is 12.7 Å². The van der Waals surface area contributed by atoms with Gasteiger partial charge in [0.15, 0.2) is 0 Å². The zero-order chi connectivity index (χ0) is 16.1. The molecule has 0 aliphatic carbocycles. The van der Waals surface area contributed by atoms with Gasteiger partial charge in [0, 0.05) is 13.2 Å². The normalized spacial score (nSPS) is 20.1. The van der Waals surface area contributed by atoms with Crippen LogP contribution >= 0.6 is 0 Å². The minimum atomic E-state index is -2.95. The Labute approximate surface area is 127 Å². The van der Waals surface area contributed by atoms with Gasteiger partial charge < -0.3 is 15.2 Å². The summed E-state index contributed by atoms with van der Waals surface area (Å²) in [6.45, 7) is 0.302. The van der Waals surface area contributed by atoms with Gasteiger partial charge in [-0.1, -0.05) is 12.1 Å². The van der Waals surface area contributed by atoms with Gasteiger partial charge in [-0.05, 0) is 37.9 Å². The largest absolute Gasteiger partial charge is 0.433 e. The highest BCUT2D eigenvalue weighted by atomic mass is 19.3. The number of nitrogens with one attached hydrogen (secondary N) is 1. The predicted molar refractivity (Wildman–Crippen MR) is 77.9 cm³/mol. The molecule has 1 aromatic carbocycles. The van der Waals surface area contributed by atoms with Gasteiger partial charge in [0.25, 0.3) is 0 Å². The number of rotatable bonds is 6. The van der Waals surface area contributed by atoms with Crippen molar-refractivity contribution in [1.29, 1.82) is 0 Å². The molecule has 0 radical (unpaired) electrons. The monoisotopic (exact) mass is 314 g/mol. The fourth-order valence-corrected chi connectivity index (χ4v) is 2.54. The maximum absolute atomic E-state index is 12.4. The van der Waals surface area contributed by atoms with E-state index >= 15 is 0 Å². The van der Waals surface area contributed by atoms with Crippen LogP contribution in [-0.4, -0.2) is 48.3 Å². The number of likely N-dealkylation sites (tertiary alicyclic amines) is 1. The molecular formula is C15H20F2N2O3. The van der Waals surface area contributed by atoms with E-state index in [9.17, 15) is 13.6 Å². The second kappa shape index (κ2) is 7.51. The number of para-hydroxylation sites is 2. The van der Waals surface area contributed by atoms with E-state index in [1.807, 2.05) is 4.90 Å². The minimum Gasteiger partial charge on any atom is -0.433 e. The van der Waals surface area contributed by atoms with E-state index in [1.165, 1.54) is 12.1 Å². The van der Waals surface area contributed by atoms with Crippen LogP contribution in [0.4, 0.5) is 14.5 Å². The average molecular weight is 314 g/mol. The highest BCUT2D eigenvalue weighted by Gasteiger charge is 2.29. The predicted octanol–water partition coefficient (Wildman–Crippen LogP) is 1.93. The summed E-state index contributed by atoms with van der Waals surface area (Å²) in [6, 6.07) is 5.68. The van der Waals surface area contributed by atoms with Crippen LogP contribution in [0, 0.1) is 5.92 Å². The van der Waals surface area contributed by atoms with Gasteiger partial charge in [0.1, 0.15) is 5.75 Å². The molecule has 5 nitrogen and oxygen atoms in total. The highest BCUT2D eigenvalue weighted by Crippen LogP contribution is 2.26. The molecule has 1 fully saturated rings. The van der Waals surface area contributed by atoms with Gasteiger partial charge in [0.05, 0.1) is 11.7 Å². The first-order valence-corrected chi connectivity index (χ1v) is 7.21. The smallest absolute Gasteiger partial charge is 0.387 e. The first kappa shape index (κ1) is 16.6. The summed E-state index contributed by atoms with van der Waals surface area (Å²) in [6.07, 6.45) is 0.846. The molecular weight excluding hydrogens is 294 g/mol. The Balaban J connectivity index is 2.00. The molecule has 1 aliphatic rings. The Morgan fingerprint density at radius 3 is 2.86 bits per heavy atom. The van der Waals surface area contributed by atoms with Crippen LogP contribution in [0.15, 0.2) is 24.3 Å². The zero-order valence-corrected chi connectivity index (χ0v) is 12.3. The van der Waals surface area contributed by atoms with Gasteiger partial charge in [-0.3, -0.25) is 9.69 Å². The lowest BCUT2D eigenvalue weighted by Crippen LogP contribution is -2.40. The standard InChI is InChI=1S/C15H20F2N2O3/c1-10(19-7-6-11(8-19)9-20)14(21)18-12-4-2-3-5-13(12)22-15(16)17/h2-5,10-11,15,20H,6-9H2,1H3,(H,18,21). The molecule has 1 amide bonds. The SMILES string of the molecule is CC(C(=O)Nc1ccccc1OC(F)F)N1CCC(CO)C1. The fourth-order valence-electron chi connectivity index (χ4n) is 2.54. The van der Waals surface area contributed by atoms with Crippen molar-refractivity contribution in [2.75, 3.05) is 25.0 Å². The van der Waals surface area contributed by atoms with Gasteiger partial charge in [-0.15, -0.1) is 0 Å². The number of nitrogens with zero attached hydrogens (tertiary/aromatic N) is 1. The lowest BCUT2D eigenvalue weighted by molar-refractivity contribution is -0.120. The van der Waals surface area contributed by atoms with Crippen LogP contribution in [0.1, 0.15) is 13.3 Å². The lowest BCUT2D eigenvalue weighted by Gasteiger charge is -2.23. The number of aliphatic hydroxyl groups is 1. The summed E-state index contributed by atoms with van der Waals surface area (Å²) in [5, 5.41) is 11.8. The van der Waals surface area contributed by atoms with Crippen molar-refractivity contribution in [3.63, 3.8) is 0 Å². The number of carbonyl (C=O) groups is 1. The molecule has 2 atom stereocenters. The number of carbonyl (C=O) groups excluding carboxylic acids is 1. The Bertz CT molecular complexity index is 513. The molecule has 1 saturated heterocycles. The lowest BCUT2D eigenvalue weighted by atomic mass is 10.1. The molecule has 2 unspecified atom stereocenters. The summed E-state index contributed by atoms with van der Waals surface area (Å²) in [5.74, 6) is -0.165. The number of ether oxygens (including phenoxy) is 1. The van der Waals surface area contributed by atoms with Gasteiger partial charge in [-0.25, -0.2) is 0 Å². The second-order valence-corrected chi connectivity index (χ2v) is 5.37. The van der Waals surface area contributed by atoms with Crippen molar-refractivity contribution in [3.8, 4) is 5.75 Å². The summed E-state index contributed by atoms with van der Waals surface area (Å²) in [7, 11) is 0. The number of hydrogen-bond donors (Lipinski definition) is 2. The maximum atomic E-state index is 12.4. The first-order valence-electron chi connectivity index (χ1n) is 7.21. The van der Waals surface area contributed by atoms with Crippen molar-refractivity contribution in [1.82, 2.24) is 4.90 Å². The number of aliphatic hydroxyl groups excluding tert-OH is 1. The van der Waals surface area contributed by atoms with Crippen LogP contribution < -0.4 is 10.1 Å². The minimum absolute atomic E-state index is 0.0623. The van der Waals surface area contributed by atoms with Gasteiger partial charge in [0.2, 0.25) is 5.91 Å². The quantitative estimate of drug-likeness (QED) is 0.842. The molecule has 0 spiro atoms. The van der Waals surface area contributed by atoms with Crippen molar-refractivity contribution >= 4 is 11.6 Å². The maximum Gasteiger partial charge on any atom is 0.387 e. The van der Waals surface area contributed by atoms with Gasteiger partial charge in [-0.2, -0.15) is 8.78 Å². The average Bonchev–Trinajstić information content (AvgIpc) is 2.96. The van der Waals surface area contributed by atoms with E-state index in [4.69, 9.17) is 5.11 Å². The van der Waals surface area contributed by atoms with Crippen LogP contribution in [-0.2, 0) is 4.79 Å². The third-order valence-corrected chi connectivity index (χ3v) is 3.86. The van der Waals surface area contributed by atoms with E-state index in [0.717, 1.165) is 13.0 Å². The molecule has 0 aromatic heterocycles. The molecule has 1 heterocycles. The number of anilines is 1. The Morgan fingerprint density at radius 1 is 1.50 bits per heavy atom. The highest BCUT2D eigenvalue weighted by molar-refractivity contribution is 5.95. The fraction of sp³-hybridized carbons (Fsp3) is 0.533. The molecule has 1 aliphatic heterocycles. The van der Waals surface area contributed by atoms with Crippen LogP contribution in [0.2, 0.25) is 0 Å². The Hall–Kier alpha value is -1.73. The number of hydrogen-bond acceptors (Lipinski definition) is 4. The number of benzene rings is 1. The molecule has 2 N–H and O–H groups in total. The molecule has 7 heteroatoms. The van der Waals surface area contributed by atoms with E-state index in [2.05, 4.69) is 10.1 Å². The molecule has 0 bridgehead atoms. The van der Waals surface area contributed by atoms with E-state index in [1.54, 1.807) is 19.1 Å². The molecule has 1 aromatic rings. The third-order valence-electron chi connectivity index (χ3n) is 3.86. The summed E-state index contributed by atoms with van der Waals surface area (Å²) >= 11 is 0. The van der Waals surface area contributed by atoms with E-state index in [0.29, 0.717) is 6.54 Å². The molecule has 0 saturated carbocycles. The van der Waals surface area contributed by atoms with Crippen molar-refractivity contribution < 1.29 is 23.4 Å². The number of alkyl halides is 2. The van der Waals surface area contributed by atoms with Crippen molar-refractivity contribution in [2.24, 2.45) is 5.92 Å². The summed E-state index contributed by atoms with van der Waals surface area (Å²) in [5.41, 5.74) is 0.220. The third kappa shape index (κ3) is 4.14. The van der Waals surface area contributed by atoms with Gasteiger partial charge >= 0.3 is 6.61 Å². The Kier molecular flexibility index (Phi) is 5.68. The van der Waals surface area contributed by atoms with Crippen LogP contribution in [0.25, 0.3) is 0 Å². The molecule has 122 valence electrons. The summed E-state index contributed by atoms with van der Waals surface area (Å²) in [4.78, 5) is 14.2. The van der Waals surface area contributed by atoms with E-state index in [-0.39, 0.29) is 29.9 Å². The first-order chi connectivity index (χ1) is 10.5. The zero-order valence-electron chi connectivity index (χ0n) is 12.3. The topological polar surface area (TPSA) is 61.8 Å². The van der Waals surface area contributed by atoms with Crippen LogP contribution in [0.3, 0.4) is 0 Å². The number of amides is 1. The molecule has 2 rings (SSSR count). The number of halogens is 2. The van der Waals surface area contributed by atoms with Crippen molar-refractivity contribution in [3.05, 3.63) is 24.3 Å². The second-order valence-electron chi connectivity index (χ2n) is 5.37. The molecule has 22 heavy (non-hydrogen) atoms. The van der Waals surface area contributed by atoms with Crippen LogP contribution in [0.5, 0.6) is 5.75 Å². The summed E-state index contributed by atoms with van der Waals surface area (Å²) < 4.78 is 29.1. The van der Waals surface area contributed by atoms with Crippen molar-refractivity contribution in [2.45, 2.75) is 26.0 Å².